The molecule has 0 bridgehead atoms. The molecule has 0 aliphatic carbocycles. The Morgan fingerprint density at radius 2 is 1.06 bits per heavy atom. The number of aromatic hydroxyl groups is 1. The fourth-order valence-electron chi connectivity index (χ4n) is 4.31. The number of nitrogens with one attached hydrogen (secondary N) is 2. The standard InChI is InChI=1S/C25H22N2O4/c1-29-23-21(17-13-27-19-11-7-5-9-15(17)19)25(31-3)24(30-2)20(22(23)28)16-12-26-18-10-6-4-8-14(16)18/h4-13,26-28H,1-3H3. The van der Waals surface area contributed by atoms with Crippen LogP contribution in [0, 0.1) is 0 Å². The summed E-state index contributed by atoms with van der Waals surface area (Å²) in [6.07, 6.45) is 3.74. The van der Waals surface area contributed by atoms with Crippen molar-refractivity contribution >= 4 is 21.8 Å². The molecule has 2 heterocycles. The van der Waals surface area contributed by atoms with E-state index in [2.05, 4.69) is 9.97 Å². The molecule has 0 amide bonds. The molecular formula is C25H22N2O4. The Morgan fingerprint density at radius 3 is 1.58 bits per heavy atom. The molecule has 2 aromatic heterocycles. The van der Waals surface area contributed by atoms with Crippen molar-refractivity contribution in [3.8, 4) is 45.3 Å². The van der Waals surface area contributed by atoms with Gasteiger partial charge in [0.1, 0.15) is 0 Å². The number of methoxy groups -OCH3 is 3. The van der Waals surface area contributed by atoms with Crippen LogP contribution in [-0.2, 0) is 0 Å². The van der Waals surface area contributed by atoms with Crippen LogP contribution in [0.2, 0.25) is 0 Å². The second kappa shape index (κ2) is 7.32. The summed E-state index contributed by atoms with van der Waals surface area (Å²) in [5, 5.41) is 13.4. The Hall–Kier alpha value is -4.06. The van der Waals surface area contributed by atoms with Crippen LogP contribution < -0.4 is 14.2 Å². The highest BCUT2D eigenvalue weighted by atomic mass is 16.5. The van der Waals surface area contributed by atoms with Crippen molar-refractivity contribution in [1.29, 1.82) is 0 Å². The molecule has 0 saturated carbocycles. The molecule has 3 N–H and O–H groups in total. The predicted octanol–water partition coefficient (Wildman–Crippen LogP) is 5.71. The number of rotatable bonds is 5. The van der Waals surface area contributed by atoms with Gasteiger partial charge in [-0.3, -0.25) is 0 Å². The third-order valence-electron chi connectivity index (χ3n) is 5.67. The lowest BCUT2D eigenvalue weighted by molar-refractivity contribution is 0.341. The van der Waals surface area contributed by atoms with Crippen molar-refractivity contribution in [3.05, 3.63) is 60.9 Å². The second-order valence-corrected chi connectivity index (χ2v) is 7.19. The molecule has 0 radical (unpaired) electrons. The highest BCUT2D eigenvalue weighted by Gasteiger charge is 2.30. The zero-order chi connectivity index (χ0) is 21.5. The van der Waals surface area contributed by atoms with Gasteiger partial charge in [-0.1, -0.05) is 36.4 Å². The monoisotopic (exact) mass is 414 g/mol. The lowest BCUT2D eigenvalue weighted by Gasteiger charge is -2.21. The summed E-state index contributed by atoms with van der Waals surface area (Å²) < 4.78 is 17.4. The van der Waals surface area contributed by atoms with Crippen LogP contribution in [0.3, 0.4) is 0 Å². The summed E-state index contributed by atoms with van der Waals surface area (Å²) in [6, 6.07) is 15.8. The third-order valence-corrected chi connectivity index (χ3v) is 5.67. The SMILES string of the molecule is COc1c(OC)c(-c2c[nH]c3ccccc23)c(OC)c(O)c1-c1c[nH]c2ccccc12. The molecule has 0 aliphatic heterocycles. The van der Waals surface area contributed by atoms with Crippen LogP contribution in [0.15, 0.2) is 60.9 Å². The summed E-state index contributed by atoms with van der Waals surface area (Å²) in [6.45, 7) is 0. The van der Waals surface area contributed by atoms with E-state index in [9.17, 15) is 5.11 Å². The first-order valence-corrected chi connectivity index (χ1v) is 9.87. The number of hydrogen-bond acceptors (Lipinski definition) is 4. The van der Waals surface area contributed by atoms with Gasteiger partial charge < -0.3 is 29.3 Å². The molecule has 6 heteroatoms. The molecule has 5 aromatic rings. The van der Waals surface area contributed by atoms with Crippen LogP contribution in [0.4, 0.5) is 0 Å². The molecular weight excluding hydrogens is 392 g/mol. The predicted molar refractivity (Wildman–Crippen MR) is 122 cm³/mol. The molecule has 156 valence electrons. The Labute approximate surface area is 179 Å². The van der Waals surface area contributed by atoms with Gasteiger partial charge in [0.2, 0.25) is 0 Å². The zero-order valence-corrected chi connectivity index (χ0v) is 17.4. The third kappa shape index (κ3) is 2.72. The van der Waals surface area contributed by atoms with E-state index in [1.165, 1.54) is 7.11 Å². The fraction of sp³-hybridized carbons (Fsp3) is 0.120. The van der Waals surface area contributed by atoms with Gasteiger partial charge in [-0.25, -0.2) is 0 Å². The number of benzene rings is 3. The van der Waals surface area contributed by atoms with Crippen LogP contribution in [0.1, 0.15) is 0 Å². The number of ether oxygens (including phenoxy) is 3. The fourth-order valence-corrected chi connectivity index (χ4v) is 4.31. The molecule has 31 heavy (non-hydrogen) atoms. The average Bonchev–Trinajstić information content (AvgIpc) is 3.42. The molecule has 0 aliphatic rings. The molecule has 0 unspecified atom stereocenters. The number of hydrogen-bond donors (Lipinski definition) is 3. The lowest BCUT2D eigenvalue weighted by atomic mass is 9.94. The van der Waals surface area contributed by atoms with E-state index in [1.807, 2.05) is 60.9 Å². The van der Waals surface area contributed by atoms with E-state index < -0.39 is 0 Å². The zero-order valence-electron chi connectivity index (χ0n) is 17.4. The molecule has 0 spiro atoms. The van der Waals surface area contributed by atoms with Crippen LogP contribution >= 0.6 is 0 Å². The first kappa shape index (κ1) is 18.9. The molecule has 0 atom stereocenters. The van der Waals surface area contributed by atoms with Crippen molar-refractivity contribution in [2.24, 2.45) is 0 Å². The van der Waals surface area contributed by atoms with Crippen LogP contribution in [0.25, 0.3) is 44.1 Å². The first-order chi connectivity index (χ1) is 15.2. The Kier molecular flexibility index (Phi) is 4.47. The number of aromatic amines is 2. The number of phenols is 1. The molecule has 0 fully saturated rings. The number of aromatic nitrogens is 2. The molecule has 5 rings (SSSR count). The minimum Gasteiger partial charge on any atom is -0.504 e. The van der Waals surface area contributed by atoms with Gasteiger partial charge in [0.05, 0.1) is 32.5 Å². The topological polar surface area (TPSA) is 79.5 Å². The summed E-state index contributed by atoms with van der Waals surface area (Å²) in [7, 11) is 4.70. The minimum atomic E-state index is -0.00909. The summed E-state index contributed by atoms with van der Waals surface area (Å²) in [4.78, 5) is 6.53. The van der Waals surface area contributed by atoms with Crippen LogP contribution in [-0.4, -0.2) is 36.4 Å². The molecule has 0 saturated heterocycles. The highest BCUT2D eigenvalue weighted by molar-refractivity contribution is 6.05. The van der Waals surface area contributed by atoms with E-state index in [0.29, 0.717) is 28.4 Å². The second-order valence-electron chi connectivity index (χ2n) is 7.19. The van der Waals surface area contributed by atoms with E-state index in [-0.39, 0.29) is 5.75 Å². The largest absolute Gasteiger partial charge is 0.504 e. The maximum atomic E-state index is 11.4. The number of para-hydroxylation sites is 2. The van der Waals surface area contributed by atoms with Gasteiger partial charge in [-0.15, -0.1) is 0 Å². The van der Waals surface area contributed by atoms with E-state index in [0.717, 1.165) is 32.9 Å². The summed E-state index contributed by atoms with van der Waals surface area (Å²) in [5.74, 6) is 1.24. The Morgan fingerprint density at radius 1 is 0.613 bits per heavy atom. The molecule has 6 nitrogen and oxygen atoms in total. The van der Waals surface area contributed by atoms with Gasteiger partial charge in [0.15, 0.2) is 23.0 Å². The summed E-state index contributed by atoms with van der Waals surface area (Å²) >= 11 is 0. The summed E-state index contributed by atoms with van der Waals surface area (Å²) in [5.41, 5.74) is 4.71. The van der Waals surface area contributed by atoms with E-state index in [1.54, 1.807) is 14.2 Å². The quantitative estimate of drug-likeness (QED) is 0.344. The lowest BCUT2D eigenvalue weighted by Crippen LogP contribution is -2.00. The van der Waals surface area contributed by atoms with Crippen molar-refractivity contribution in [2.45, 2.75) is 0 Å². The van der Waals surface area contributed by atoms with Gasteiger partial charge in [-0.2, -0.15) is 0 Å². The maximum Gasteiger partial charge on any atom is 0.173 e. The van der Waals surface area contributed by atoms with Crippen molar-refractivity contribution in [2.75, 3.05) is 21.3 Å². The van der Waals surface area contributed by atoms with Gasteiger partial charge in [0.25, 0.3) is 0 Å². The first-order valence-electron chi connectivity index (χ1n) is 9.87. The van der Waals surface area contributed by atoms with Gasteiger partial charge >= 0.3 is 0 Å². The Bertz CT molecular complexity index is 1410. The van der Waals surface area contributed by atoms with Crippen LogP contribution in [0.5, 0.6) is 23.0 Å². The normalized spacial score (nSPS) is 11.2. The molecule has 3 aromatic carbocycles. The minimum absolute atomic E-state index is 0.00909. The van der Waals surface area contributed by atoms with E-state index in [4.69, 9.17) is 14.2 Å². The number of H-pyrrole nitrogens is 2. The van der Waals surface area contributed by atoms with E-state index >= 15 is 0 Å². The Balaban J connectivity index is 1.89. The maximum absolute atomic E-state index is 11.4. The number of phenolic OH excluding ortho intramolecular Hbond substituents is 1. The van der Waals surface area contributed by atoms with Crippen molar-refractivity contribution in [1.82, 2.24) is 9.97 Å². The number of fused-ring (bicyclic) bond motifs is 2. The van der Waals surface area contributed by atoms with Crippen molar-refractivity contribution < 1.29 is 19.3 Å². The smallest absolute Gasteiger partial charge is 0.173 e. The highest BCUT2D eigenvalue weighted by Crippen LogP contribution is 2.57. The average molecular weight is 414 g/mol. The van der Waals surface area contributed by atoms with Crippen molar-refractivity contribution in [3.63, 3.8) is 0 Å². The van der Waals surface area contributed by atoms with Gasteiger partial charge in [0, 0.05) is 45.3 Å². The van der Waals surface area contributed by atoms with Gasteiger partial charge in [-0.05, 0) is 12.1 Å².